The van der Waals surface area contributed by atoms with E-state index in [0.717, 1.165) is 0 Å². The van der Waals surface area contributed by atoms with Gasteiger partial charge >= 0.3 is 0 Å². The topological polar surface area (TPSA) is 86.9 Å². The highest BCUT2D eigenvalue weighted by Gasteiger charge is 2.20. The third-order valence-electron chi connectivity index (χ3n) is 2.44. The van der Waals surface area contributed by atoms with Crippen molar-refractivity contribution < 1.29 is 8.42 Å². The van der Waals surface area contributed by atoms with Gasteiger partial charge in [-0.2, -0.15) is 0 Å². The molecular weight excluding hydrogens is 276 g/mol. The van der Waals surface area contributed by atoms with Gasteiger partial charge in [0.1, 0.15) is 10.5 Å². The molecule has 6 nitrogen and oxygen atoms in total. The molecule has 98 valence electrons. The predicted octanol–water partition coefficient (Wildman–Crippen LogP) is 0.714. The molecule has 0 spiro atoms. The molecular formula is C10H13ClN4O2S. The lowest BCUT2D eigenvalue weighted by Crippen LogP contribution is -2.30. The van der Waals surface area contributed by atoms with E-state index in [-0.39, 0.29) is 4.90 Å². The molecule has 0 saturated carbocycles. The molecule has 0 radical (unpaired) electrons. The second-order valence-corrected chi connectivity index (χ2v) is 5.81. The Hall–Kier alpha value is -1.15. The summed E-state index contributed by atoms with van der Waals surface area (Å²) in [6, 6.07) is 1.56. The zero-order chi connectivity index (χ0) is 13.2. The smallest absolute Gasteiger partial charge is 0.242 e. The Morgan fingerprint density at radius 3 is 2.94 bits per heavy atom. The molecule has 0 aliphatic heterocycles. The largest absolute Gasteiger partial charge is 0.345 e. The average molecular weight is 289 g/mol. The molecule has 8 heteroatoms. The van der Waals surface area contributed by atoms with E-state index in [1.54, 1.807) is 13.1 Å². The van der Waals surface area contributed by atoms with Gasteiger partial charge in [-0.25, -0.2) is 18.1 Å². The molecule has 0 aliphatic rings. The molecule has 0 amide bonds. The van der Waals surface area contributed by atoms with E-state index in [1.165, 1.54) is 12.4 Å². The number of pyridine rings is 1. The number of hydrogen-bond donors (Lipinski definition) is 3. The number of nitrogens with one attached hydrogen (secondary N) is 3. The zero-order valence-electron chi connectivity index (χ0n) is 9.70. The minimum absolute atomic E-state index is 0.117. The van der Waals surface area contributed by atoms with Crippen molar-refractivity contribution in [1.29, 1.82) is 0 Å². The van der Waals surface area contributed by atoms with Crippen LogP contribution in [0, 0.1) is 0 Å². The fourth-order valence-corrected chi connectivity index (χ4v) is 3.11. The molecule has 3 N–H and O–H groups in total. The highest BCUT2D eigenvalue weighted by Crippen LogP contribution is 2.27. The number of likely N-dealkylation sites (N-methyl/N-ethyl adjacent to an activating group) is 1. The molecule has 2 aromatic rings. The van der Waals surface area contributed by atoms with Crippen molar-refractivity contribution >= 4 is 32.7 Å². The van der Waals surface area contributed by atoms with Gasteiger partial charge in [-0.05, 0) is 13.1 Å². The number of hydrogen-bond acceptors (Lipinski definition) is 4. The Labute approximate surface area is 110 Å². The SMILES string of the molecule is CNCCNS(=O)(=O)c1c[nH]c2nccc(Cl)c12. The molecule has 0 saturated heterocycles. The number of nitrogens with zero attached hydrogens (tertiary/aromatic N) is 1. The van der Waals surface area contributed by atoms with Crippen LogP contribution in [0.1, 0.15) is 0 Å². The maximum Gasteiger partial charge on any atom is 0.242 e. The minimum Gasteiger partial charge on any atom is -0.345 e. The quantitative estimate of drug-likeness (QED) is 0.707. The number of rotatable bonds is 5. The van der Waals surface area contributed by atoms with Crippen LogP contribution >= 0.6 is 11.6 Å². The zero-order valence-corrected chi connectivity index (χ0v) is 11.3. The number of aromatic nitrogens is 2. The first-order valence-corrected chi connectivity index (χ1v) is 7.18. The summed E-state index contributed by atoms with van der Waals surface area (Å²) < 4.78 is 26.7. The molecule has 0 bridgehead atoms. The van der Waals surface area contributed by atoms with Crippen molar-refractivity contribution in [2.75, 3.05) is 20.1 Å². The standard InChI is InChI=1S/C10H13ClN4O2S/c1-12-4-5-15-18(16,17)8-6-14-10-9(8)7(11)2-3-13-10/h2-3,6,12,15H,4-5H2,1H3,(H,13,14). The van der Waals surface area contributed by atoms with Gasteiger partial charge in [0.05, 0.1) is 10.4 Å². The summed E-state index contributed by atoms with van der Waals surface area (Å²) in [5.41, 5.74) is 0.455. The van der Waals surface area contributed by atoms with Crippen LogP contribution in [0.15, 0.2) is 23.4 Å². The number of aromatic amines is 1. The summed E-state index contributed by atoms with van der Waals surface area (Å²) in [6.07, 6.45) is 2.91. The van der Waals surface area contributed by atoms with Crippen LogP contribution in [-0.4, -0.2) is 38.5 Å². The van der Waals surface area contributed by atoms with Gasteiger partial charge in [-0.1, -0.05) is 11.6 Å². The maximum absolute atomic E-state index is 12.1. The molecule has 0 atom stereocenters. The van der Waals surface area contributed by atoms with Crippen LogP contribution in [0.2, 0.25) is 5.02 Å². The van der Waals surface area contributed by atoms with Gasteiger partial charge in [0, 0.05) is 25.5 Å². The molecule has 2 rings (SSSR count). The third-order valence-corrected chi connectivity index (χ3v) is 4.24. The van der Waals surface area contributed by atoms with Crippen LogP contribution in [0.25, 0.3) is 11.0 Å². The first-order valence-electron chi connectivity index (χ1n) is 5.32. The van der Waals surface area contributed by atoms with Crippen LogP contribution in [-0.2, 0) is 10.0 Å². The summed E-state index contributed by atoms with van der Waals surface area (Å²) in [5.74, 6) is 0. The van der Waals surface area contributed by atoms with Gasteiger partial charge in [0.25, 0.3) is 0 Å². The van der Waals surface area contributed by atoms with E-state index in [2.05, 4.69) is 20.0 Å². The van der Waals surface area contributed by atoms with Gasteiger partial charge in [0.2, 0.25) is 10.0 Å². The predicted molar refractivity (Wildman–Crippen MR) is 70.2 cm³/mol. The number of H-pyrrole nitrogens is 1. The van der Waals surface area contributed by atoms with Crippen molar-refractivity contribution in [2.24, 2.45) is 0 Å². The van der Waals surface area contributed by atoms with Gasteiger partial charge in [-0.15, -0.1) is 0 Å². The summed E-state index contributed by atoms with van der Waals surface area (Å²) in [4.78, 5) is 6.94. The monoisotopic (exact) mass is 288 g/mol. The van der Waals surface area contributed by atoms with E-state index < -0.39 is 10.0 Å². The van der Waals surface area contributed by atoms with Gasteiger partial charge in [0.15, 0.2) is 0 Å². The number of sulfonamides is 1. The van der Waals surface area contributed by atoms with Crippen molar-refractivity contribution in [3.63, 3.8) is 0 Å². The molecule has 0 aliphatic carbocycles. The van der Waals surface area contributed by atoms with E-state index in [4.69, 9.17) is 11.6 Å². The van der Waals surface area contributed by atoms with Crippen LogP contribution in [0.3, 0.4) is 0 Å². The lowest BCUT2D eigenvalue weighted by atomic mass is 10.3. The maximum atomic E-state index is 12.1. The summed E-state index contributed by atoms with van der Waals surface area (Å²) >= 11 is 6.01. The van der Waals surface area contributed by atoms with Crippen molar-refractivity contribution in [1.82, 2.24) is 20.0 Å². The lowest BCUT2D eigenvalue weighted by molar-refractivity contribution is 0.580. The van der Waals surface area contributed by atoms with Crippen LogP contribution in [0.4, 0.5) is 0 Å². The summed E-state index contributed by atoms with van der Waals surface area (Å²) in [6.45, 7) is 0.858. The molecule has 2 aromatic heterocycles. The van der Waals surface area contributed by atoms with E-state index in [9.17, 15) is 8.42 Å². The Kier molecular flexibility index (Phi) is 3.86. The van der Waals surface area contributed by atoms with Gasteiger partial charge < -0.3 is 10.3 Å². The Morgan fingerprint density at radius 2 is 2.22 bits per heavy atom. The first-order chi connectivity index (χ1) is 8.56. The first kappa shape index (κ1) is 13.3. The van der Waals surface area contributed by atoms with E-state index in [1.807, 2.05) is 0 Å². The van der Waals surface area contributed by atoms with Crippen LogP contribution in [0.5, 0.6) is 0 Å². The number of halogens is 1. The molecule has 18 heavy (non-hydrogen) atoms. The second kappa shape index (κ2) is 5.23. The molecule has 0 unspecified atom stereocenters. The third kappa shape index (κ3) is 2.49. The van der Waals surface area contributed by atoms with Crippen molar-refractivity contribution in [3.05, 3.63) is 23.5 Å². The normalized spacial score (nSPS) is 12.1. The second-order valence-electron chi connectivity index (χ2n) is 3.67. The van der Waals surface area contributed by atoms with Crippen molar-refractivity contribution in [2.45, 2.75) is 4.90 Å². The van der Waals surface area contributed by atoms with Crippen molar-refractivity contribution in [3.8, 4) is 0 Å². The highest BCUT2D eigenvalue weighted by molar-refractivity contribution is 7.89. The highest BCUT2D eigenvalue weighted by atomic mass is 35.5. The van der Waals surface area contributed by atoms with E-state index in [0.29, 0.717) is 29.1 Å². The average Bonchev–Trinajstić information content (AvgIpc) is 2.75. The minimum atomic E-state index is -3.58. The van der Waals surface area contributed by atoms with Crippen LogP contribution < -0.4 is 10.0 Å². The molecule has 2 heterocycles. The number of fused-ring (bicyclic) bond motifs is 1. The lowest BCUT2D eigenvalue weighted by Gasteiger charge is -2.05. The molecule has 0 aromatic carbocycles. The summed E-state index contributed by atoms with van der Waals surface area (Å²) in [5, 5.41) is 3.63. The fourth-order valence-electron chi connectivity index (χ4n) is 1.59. The van der Waals surface area contributed by atoms with E-state index >= 15 is 0 Å². The summed E-state index contributed by atoms with van der Waals surface area (Å²) in [7, 11) is -1.83. The Bertz CT molecular complexity index is 653. The van der Waals surface area contributed by atoms with Gasteiger partial charge in [-0.3, -0.25) is 0 Å². The fraction of sp³-hybridized carbons (Fsp3) is 0.300. The molecule has 0 fully saturated rings. The Balaban J connectivity index is 2.42. The Morgan fingerprint density at radius 1 is 1.44 bits per heavy atom.